The molecule has 4 rings (SSSR count). The Morgan fingerprint density at radius 1 is 0.943 bits per heavy atom. The molecular weight excluding hydrogens is 717 g/mol. The Kier molecular flexibility index (Phi) is 16.4. The smallest absolute Gasteiger partial charge is 0.296 e. The van der Waals surface area contributed by atoms with E-state index >= 15 is 0 Å². The third-order valence-corrected chi connectivity index (χ3v) is 11.4. The highest BCUT2D eigenvalue weighted by Crippen LogP contribution is 2.28. The van der Waals surface area contributed by atoms with Crippen molar-refractivity contribution in [2.24, 2.45) is 5.41 Å². The molecule has 3 N–H and O–H groups in total. The normalized spacial score (nSPS) is 16.9. The maximum Gasteiger partial charge on any atom is 0.296 e. The SMILES string of the molecule is Cc1ccc(S(=O)(=O)OCCCCCOCCOCCCN[C@H](C(=O)N2C[C@H](O)C[C@H]2C(=O)NCc2ccc(-c3scnc3C)cc2)C(C)(C)C)cc1. The summed E-state index contributed by atoms with van der Waals surface area (Å²) in [6.45, 7) is 12.9. The number of ether oxygens (including phenoxy) is 2. The summed E-state index contributed by atoms with van der Waals surface area (Å²) < 4.78 is 41.0. The molecule has 292 valence electrons. The number of thiazole rings is 1. The Hall–Kier alpha value is -3.24. The molecule has 1 aliphatic rings. The molecule has 3 atom stereocenters. The molecule has 3 aromatic rings. The van der Waals surface area contributed by atoms with Crippen LogP contribution in [0.15, 0.2) is 58.9 Å². The molecular formula is C39H56N4O8S2. The number of aliphatic hydroxyl groups is 1. The Morgan fingerprint density at radius 2 is 1.60 bits per heavy atom. The van der Waals surface area contributed by atoms with Crippen LogP contribution in [0.25, 0.3) is 10.4 Å². The van der Waals surface area contributed by atoms with E-state index < -0.39 is 33.7 Å². The predicted molar refractivity (Wildman–Crippen MR) is 206 cm³/mol. The minimum Gasteiger partial charge on any atom is -0.391 e. The van der Waals surface area contributed by atoms with Gasteiger partial charge in [-0.2, -0.15) is 8.42 Å². The van der Waals surface area contributed by atoms with E-state index in [4.69, 9.17) is 13.7 Å². The highest BCUT2D eigenvalue weighted by molar-refractivity contribution is 7.86. The van der Waals surface area contributed by atoms with Gasteiger partial charge in [-0.3, -0.25) is 13.8 Å². The topological polar surface area (TPSA) is 156 Å². The van der Waals surface area contributed by atoms with Crippen LogP contribution in [0.5, 0.6) is 0 Å². The molecule has 12 nitrogen and oxygen atoms in total. The number of rotatable bonds is 21. The summed E-state index contributed by atoms with van der Waals surface area (Å²) in [5, 5.41) is 16.8. The molecule has 0 spiro atoms. The maximum absolute atomic E-state index is 13.9. The fraction of sp³-hybridized carbons (Fsp3) is 0.564. The van der Waals surface area contributed by atoms with Crippen molar-refractivity contribution in [3.8, 4) is 10.4 Å². The van der Waals surface area contributed by atoms with Crippen molar-refractivity contribution in [3.05, 3.63) is 70.9 Å². The minimum atomic E-state index is -3.73. The van der Waals surface area contributed by atoms with Crippen LogP contribution in [0.2, 0.25) is 0 Å². The molecule has 0 saturated carbocycles. The van der Waals surface area contributed by atoms with E-state index in [1.54, 1.807) is 35.6 Å². The predicted octanol–water partition coefficient (Wildman–Crippen LogP) is 5.01. The first-order chi connectivity index (χ1) is 25.3. The number of benzene rings is 2. The van der Waals surface area contributed by atoms with Gasteiger partial charge in [-0.1, -0.05) is 62.7 Å². The summed E-state index contributed by atoms with van der Waals surface area (Å²) in [5.74, 6) is -0.480. The molecule has 14 heteroatoms. The number of unbranched alkanes of at least 4 members (excludes halogenated alkanes) is 2. The van der Waals surface area contributed by atoms with E-state index in [0.717, 1.165) is 40.1 Å². The van der Waals surface area contributed by atoms with Crippen LogP contribution in [0, 0.1) is 19.3 Å². The molecule has 0 aliphatic carbocycles. The van der Waals surface area contributed by atoms with Gasteiger partial charge >= 0.3 is 0 Å². The molecule has 2 aromatic carbocycles. The number of likely N-dealkylation sites (tertiary alicyclic amines) is 1. The third-order valence-electron chi connectivity index (χ3n) is 9.07. The first kappa shape index (κ1) is 42.5. The second-order valence-electron chi connectivity index (χ2n) is 14.6. The largest absolute Gasteiger partial charge is 0.391 e. The number of hydrogen-bond donors (Lipinski definition) is 3. The van der Waals surface area contributed by atoms with Gasteiger partial charge in [-0.05, 0) is 74.8 Å². The molecule has 1 aromatic heterocycles. The third kappa shape index (κ3) is 13.2. The highest BCUT2D eigenvalue weighted by atomic mass is 32.2. The zero-order chi connectivity index (χ0) is 38.4. The molecule has 0 radical (unpaired) electrons. The van der Waals surface area contributed by atoms with Crippen LogP contribution in [-0.4, -0.2) is 99.5 Å². The molecule has 53 heavy (non-hydrogen) atoms. The van der Waals surface area contributed by atoms with Crippen molar-refractivity contribution in [1.82, 2.24) is 20.5 Å². The van der Waals surface area contributed by atoms with Crippen LogP contribution in [0.3, 0.4) is 0 Å². The van der Waals surface area contributed by atoms with E-state index in [2.05, 4.69) is 15.6 Å². The molecule has 1 aliphatic heterocycles. The number of amides is 2. The van der Waals surface area contributed by atoms with E-state index in [1.807, 2.05) is 64.4 Å². The Labute approximate surface area is 318 Å². The quantitative estimate of drug-likeness (QED) is 0.0995. The van der Waals surface area contributed by atoms with Gasteiger partial charge in [0.05, 0.1) is 52.9 Å². The lowest BCUT2D eigenvalue weighted by atomic mass is 9.85. The van der Waals surface area contributed by atoms with Crippen molar-refractivity contribution in [3.63, 3.8) is 0 Å². The molecule has 0 unspecified atom stereocenters. The number of carbonyl (C=O) groups excluding carboxylic acids is 2. The number of hydrogen-bond acceptors (Lipinski definition) is 11. The molecule has 0 bridgehead atoms. The van der Waals surface area contributed by atoms with Crippen LogP contribution in [0.1, 0.15) is 69.7 Å². The zero-order valence-corrected chi connectivity index (χ0v) is 33.3. The fourth-order valence-electron chi connectivity index (χ4n) is 6.06. The van der Waals surface area contributed by atoms with E-state index in [9.17, 15) is 23.1 Å². The van der Waals surface area contributed by atoms with Crippen LogP contribution < -0.4 is 10.6 Å². The summed E-state index contributed by atoms with van der Waals surface area (Å²) in [6.07, 6.45) is 2.30. The number of nitrogens with one attached hydrogen (secondary N) is 2. The molecule has 1 fully saturated rings. The van der Waals surface area contributed by atoms with Gasteiger partial charge in [-0.25, -0.2) is 4.98 Å². The summed E-state index contributed by atoms with van der Waals surface area (Å²) in [7, 11) is -3.73. The van der Waals surface area contributed by atoms with Crippen molar-refractivity contribution < 1.29 is 36.8 Å². The summed E-state index contributed by atoms with van der Waals surface area (Å²) in [6, 6.07) is 13.3. The van der Waals surface area contributed by atoms with E-state index in [-0.39, 0.29) is 36.3 Å². The van der Waals surface area contributed by atoms with Crippen LogP contribution in [0.4, 0.5) is 0 Å². The first-order valence-electron chi connectivity index (χ1n) is 18.4. The lowest BCUT2D eigenvalue weighted by Gasteiger charge is -2.35. The maximum atomic E-state index is 13.9. The number of aryl methyl sites for hydroxylation is 2. The average molecular weight is 773 g/mol. The Balaban J connectivity index is 1.09. The lowest BCUT2D eigenvalue weighted by Crippen LogP contribution is -2.56. The second kappa shape index (κ2) is 20.4. The average Bonchev–Trinajstić information content (AvgIpc) is 3.73. The van der Waals surface area contributed by atoms with E-state index in [0.29, 0.717) is 52.4 Å². The van der Waals surface area contributed by atoms with Gasteiger partial charge in [0, 0.05) is 32.7 Å². The van der Waals surface area contributed by atoms with Gasteiger partial charge in [0.2, 0.25) is 11.8 Å². The minimum absolute atomic E-state index is 0.112. The number of carbonyl (C=O) groups is 2. The van der Waals surface area contributed by atoms with E-state index in [1.165, 1.54) is 4.90 Å². The summed E-state index contributed by atoms with van der Waals surface area (Å²) in [5.41, 5.74) is 5.39. The zero-order valence-electron chi connectivity index (χ0n) is 31.6. The summed E-state index contributed by atoms with van der Waals surface area (Å²) >= 11 is 1.59. The molecule has 2 heterocycles. The van der Waals surface area contributed by atoms with Crippen molar-refractivity contribution in [2.45, 2.75) is 96.4 Å². The van der Waals surface area contributed by atoms with Gasteiger partial charge in [0.25, 0.3) is 10.1 Å². The number of aliphatic hydroxyl groups excluding tert-OH is 1. The van der Waals surface area contributed by atoms with Gasteiger partial charge in [0.15, 0.2) is 0 Å². The number of aromatic nitrogens is 1. The Morgan fingerprint density at radius 3 is 2.25 bits per heavy atom. The van der Waals surface area contributed by atoms with Crippen molar-refractivity contribution in [1.29, 1.82) is 0 Å². The van der Waals surface area contributed by atoms with Crippen molar-refractivity contribution >= 4 is 33.3 Å². The highest BCUT2D eigenvalue weighted by Gasteiger charge is 2.43. The van der Waals surface area contributed by atoms with Crippen LogP contribution in [-0.2, 0) is 39.9 Å². The van der Waals surface area contributed by atoms with Gasteiger partial charge in [0.1, 0.15) is 6.04 Å². The standard InChI is InChI=1S/C39H56N4O8S2/c1-28-10-16-33(17-11-28)53(47,48)51-21-8-6-7-19-49-22-23-50-20-9-18-40-36(39(3,4)5)38(46)43-26-32(44)24-34(43)37(45)41-25-30-12-14-31(15-13-30)35-29(2)42-27-52-35/h10-17,27,32,34,36,40,44H,6-9,18-26H2,1-5H3,(H,41,45)/t32-,34+,36-/m1/s1. The second-order valence-corrected chi connectivity index (χ2v) is 17.0. The number of β-amino-alcohol motifs (C(OH)–C–C–N with tert-alkyl or cyclic N) is 1. The first-order valence-corrected chi connectivity index (χ1v) is 20.7. The van der Waals surface area contributed by atoms with Gasteiger partial charge in [-0.15, -0.1) is 11.3 Å². The lowest BCUT2D eigenvalue weighted by molar-refractivity contribution is -0.142. The Bertz CT molecular complexity index is 1690. The van der Waals surface area contributed by atoms with Crippen LogP contribution >= 0.6 is 11.3 Å². The van der Waals surface area contributed by atoms with Gasteiger partial charge < -0.3 is 30.1 Å². The van der Waals surface area contributed by atoms with Crippen molar-refractivity contribution in [2.75, 3.05) is 46.1 Å². The monoisotopic (exact) mass is 772 g/mol. The molecule has 2 amide bonds. The molecule has 1 saturated heterocycles. The fourth-order valence-corrected chi connectivity index (χ4v) is 7.82. The number of nitrogens with zero attached hydrogens (tertiary/aromatic N) is 2. The summed E-state index contributed by atoms with van der Waals surface area (Å²) in [4.78, 5) is 34.3.